The fourth-order valence-electron chi connectivity index (χ4n) is 0.864. The quantitative estimate of drug-likeness (QED) is 0.754. The molecule has 0 bridgehead atoms. The lowest BCUT2D eigenvalue weighted by atomic mass is 10.2. The molecule has 1 aromatic rings. The summed E-state index contributed by atoms with van der Waals surface area (Å²) in [6, 6.07) is 7.18. The van der Waals surface area contributed by atoms with Gasteiger partial charge in [0.05, 0.1) is 0 Å². The predicted molar refractivity (Wildman–Crippen MR) is 55.3 cm³/mol. The first-order chi connectivity index (χ1) is 5.72. The number of thioether (sulfide) groups is 1. The molecule has 0 aromatic heterocycles. The third-order valence-corrected chi connectivity index (χ3v) is 2.35. The Kier molecular flexibility index (Phi) is 3.23. The standard InChI is InChI=1S/C10H12OS/c1-8(12-2)7-9-3-5-10(11)6-4-9/h3-7,11H,1-2H3/b8-7-. The van der Waals surface area contributed by atoms with Crippen molar-refractivity contribution in [3.8, 4) is 5.75 Å². The topological polar surface area (TPSA) is 20.2 Å². The molecule has 0 fully saturated rings. The van der Waals surface area contributed by atoms with E-state index in [1.807, 2.05) is 18.4 Å². The Hall–Kier alpha value is -0.890. The van der Waals surface area contributed by atoms with Crippen LogP contribution >= 0.6 is 11.8 Å². The van der Waals surface area contributed by atoms with Gasteiger partial charge in [-0.3, -0.25) is 0 Å². The van der Waals surface area contributed by atoms with Crippen LogP contribution in [0.5, 0.6) is 5.75 Å². The minimum absolute atomic E-state index is 0.314. The Morgan fingerprint density at radius 1 is 1.33 bits per heavy atom. The minimum atomic E-state index is 0.314. The molecule has 1 rings (SSSR count). The zero-order chi connectivity index (χ0) is 8.97. The van der Waals surface area contributed by atoms with E-state index in [1.165, 1.54) is 4.91 Å². The van der Waals surface area contributed by atoms with E-state index in [0.29, 0.717) is 5.75 Å². The van der Waals surface area contributed by atoms with Gasteiger partial charge in [0.2, 0.25) is 0 Å². The van der Waals surface area contributed by atoms with Gasteiger partial charge in [-0.2, -0.15) is 0 Å². The van der Waals surface area contributed by atoms with Crippen LogP contribution < -0.4 is 0 Å². The lowest BCUT2D eigenvalue weighted by molar-refractivity contribution is 0.475. The molecule has 1 aromatic carbocycles. The lowest BCUT2D eigenvalue weighted by Gasteiger charge is -1.96. The number of allylic oxidation sites excluding steroid dienone is 1. The lowest BCUT2D eigenvalue weighted by Crippen LogP contribution is -1.72. The van der Waals surface area contributed by atoms with E-state index in [0.717, 1.165) is 5.56 Å². The average molecular weight is 180 g/mol. The number of rotatable bonds is 2. The van der Waals surface area contributed by atoms with Crippen molar-refractivity contribution in [3.63, 3.8) is 0 Å². The number of hydrogen-bond acceptors (Lipinski definition) is 2. The first-order valence-electron chi connectivity index (χ1n) is 3.73. The van der Waals surface area contributed by atoms with Gasteiger partial charge < -0.3 is 5.11 Å². The predicted octanol–water partition coefficient (Wildman–Crippen LogP) is 3.12. The smallest absolute Gasteiger partial charge is 0.115 e. The minimum Gasteiger partial charge on any atom is -0.508 e. The van der Waals surface area contributed by atoms with E-state index in [1.54, 1.807) is 23.9 Å². The summed E-state index contributed by atoms with van der Waals surface area (Å²) >= 11 is 1.72. The number of hydrogen-bond donors (Lipinski definition) is 1. The molecule has 0 unspecified atom stereocenters. The largest absolute Gasteiger partial charge is 0.508 e. The molecule has 0 amide bonds. The first-order valence-corrected chi connectivity index (χ1v) is 4.96. The first kappa shape index (κ1) is 9.20. The van der Waals surface area contributed by atoms with Gasteiger partial charge in [0.15, 0.2) is 0 Å². The molecule has 0 aliphatic rings. The van der Waals surface area contributed by atoms with Crippen molar-refractivity contribution in [3.05, 3.63) is 34.7 Å². The molecule has 12 heavy (non-hydrogen) atoms. The zero-order valence-corrected chi connectivity index (χ0v) is 8.06. The highest BCUT2D eigenvalue weighted by Crippen LogP contribution is 2.17. The maximum Gasteiger partial charge on any atom is 0.115 e. The summed E-state index contributed by atoms with van der Waals surface area (Å²) in [5.74, 6) is 0.314. The van der Waals surface area contributed by atoms with E-state index in [-0.39, 0.29) is 0 Å². The number of phenolic OH excluding ortho intramolecular Hbond substituents is 1. The molecule has 1 N–H and O–H groups in total. The van der Waals surface area contributed by atoms with E-state index in [2.05, 4.69) is 13.0 Å². The second-order valence-corrected chi connectivity index (χ2v) is 3.60. The molecule has 0 aliphatic carbocycles. The molecule has 64 valence electrons. The molecule has 0 spiro atoms. The summed E-state index contributed by atoms with van der Waals surface area (Å²) in [4.78, 5) is 1.26. The van der Waals surface area contributed by atoms with Gasteiger partial charge in [-0.1, -0.05) is 12.1 Å². The Morgan fingerprint density at radius 3 is 2.42 bits per heavy atom. The van der Waals surface area contributed by atoms with Gasteiger partial charge in [-0.15, -0.1) is 11.8 Å². The average Bonchev–Trinajstić information content (AvgIpc) is 2.09. The summed E-state index contributed by atoms with van der Waals surface area (Å²) in [6.45, 7) is 2.07. The van der Waals surface area contributed by atoms with Crippen LogP contribution in [0.1, 0.15) is 12.5 Å². The van der Waals surface area contributed by atoms with Gasteiger partial charge in [0, 0.05) is 0 Å². The summed E-state index contributed by atoms with van der Waals surface area (Å²) in [7, 11) is 0. The Balaban J connectivity index is 2.84. The Morgan fingerprint density at radius 2 is 1.92 bits per heavy atom. The van der Waals surface area contributed by atoms with Gasteiger partial charge in [0.1, 0.15) is 5.75 Å². The van der Waals surface area contributed by atoms with Crippen LogP contribution in [0.4, 0.5) is 0 Å². The second-order valence-electron chi connectivity index (χ2n) is 2.55. The fraction of sp³-hybridized carbons (Fsp3) is 0.200. The van der Waals surface area contributed by atoms with Crippen molar-refractivity contribution >= 4 is 17.8 Å². The van der Waals surface area contributed by atoms with E-state index in [9.17, 15) is 0 Å². The number of aromatic hydroxyl groups is 1. The molecular formula is C10H12OS. The third kappa shape index (κ3) is 2.62. The van der Waals surface area contributed by atoms with Crippen molar-refractivity contribution in [2.45, 2.75) is 6.92 Å². The van der Waals surface area contributed by atoms with Gasteiger partial charge >= 0.3 is 0 Å². The van der Waals surface area contributed by atoms with Crippen LogP contribution in [0, 0.1) is 0 Å². The summed E-state index contributed by atoms with van der Waals surface area (Å²) < 4.78 is 0. The van der Waals surface area contributed by atoms with Gasteiger partial charge in [0.25, 0.3) is 0 Å². The molecule has 0 saturated heterocycles. The zero-order valence-electron chi connectivity index (χ0n) is 7.24. The molecule has 0 radical (unpaired) electrons. The highest BCUT2D eigenvalue weighted by molar-refractivity contribution is 8.02. The molecule has 1 nitrogen and oxygen atoms in total. The van der Waals surface area contributed by atoms with Crippen molar-refractivity contribution in [1.82, 2.24) is 0 Å². The number of benzene rings is 1. The highest BCUT2D eigenvalue weighted by atomic mass is 32.2. The van der Waals surface area contributed by atoms with Crippen molar-refractivity contribution in [1.29, 1.82) is 0 Å². The third-order valence-electron chi connectivity index (χ3n) is 1.58. The fourth-order valence-corrected chi connectivity index (χ4v) is 1.12. The van der Waals surface area contributed by atoms with Crippen molar-refractivity contribution < 1.29 is 5.11 Å². The van der Waals surface area contributed by atoms with E-state index < -0.39 is 0 Å². The molecule has 0 atom stereocenters. The van der Waals surface area contributed by atoms with Crippen LogP contribution in [0.25, 0.3) is 6.08 Å². The van der Waals surface area contributed by atoms with E-state index >= 15 is 0 Å². The molecule has 2 heteroatoms. The van der Waals surface area contributed by atoms with Crippen LogP contribution in [0.15, 0.2) is 29.2 Å². The van der Waals surface area contributed by atoms with Crippen molar-refractivity contribution in [2.75, 3.05) is 6.26 Å². The Labute approximate surface area is 77.1 Å². The maximum atomic E-state index is 9.02. The Bertz CT molecular complexity index is 274. The second kappa shape index (κ2) is 4.21. The summed E-state index contributed by atoms with van der Waals surface area (Å²) in [6.07, 6.45) is 4.14. The van der Waals surface area contributed by atoms with E-state index in [4.69, 9.17) is 5.11 Å². The normalized spacial score (nSPS) is 11.7. The maximum absolute atomic E-state index is 9.02. The number of phenols is 1. The summed E-state index contributed by atoms with van der Waals surface area (Å²) in [5, 5.41) is 9.02. The van der Waals surface area contributed by atoms with Gasteiger partial charge in [-0.25, -0.2) is 0 Å². The van der Waals surface area contributed by atoms with Crippen molar-refractivity contribution in [2.24, 2.45) is 0 Å². The van der Waals surface area contributed by atoms with Crippen LogP contribution in [-0.2, 0) is 0 Å². The van der Waals surface area contributed by atoms with Crippen LogP contribution in [0.2, 0.25) is 0 Å². The SMILES string of the molecule is CS/C(C)=C\c1ccc(O)cc1. The van der Waals surface area contributed by atoms with Crippen LogP contribution in [0.3, 0.4) is 0 Å². The van der Waals surface area contributed by atoms with Crippen LogP contribution in [-0.4, -0.2) is 11.4 Å². The van der Waals surface area contributed by atoms with Gasteiger partial charge in [-0.05, 0) is 41.9 Å². The molecular weight excluding hydrogens is 168 g/mol. The monoisotopic (exact) mass is 180 g/mol. The molecule has 0 aliphatic heterocycles. The molecule has 0 saturated carbocycles. The highest BCUT2D eigenvalue weighted by Gasteiger charge is 1.89. The summed E-state index contributed by atoms with van der Waals surface area (Å²) in [5.41, 5.74) is 1.12. The molecule has 0 heterocycles.